The van der Waals surface area contributed by atoms with Gasteiger partial charge in [-0.05, 0) is 42.7 Å². The summed E-state index contributed by atoms with van der Waals surface area (Å²) in [6.45, 7) is 2.10. The highest BCUT2D eigenvalue weighted by Gasteiger charge is 2.12. The first-order valence-corrected chi connectivity index (χ1v) is 8.18. The van der Waals surface area contributed by atoms with Crippen molar-refractivity contribution in [1.82, 2.24) is 0 Å². The maximum absolute atomic E-state index is 6.39. The molecule has 0 heterocycles. The molecule has 0 aliphatic heterocycles. The number of ether oxygens (including phenoxy) is 1. The molecule has 0 aliphatic rings. The number of hydrogen-bond acceptors (Lipinski definition) is 3. The fourth-order valence-corrected chi connectivity index (χ4v) is 3.35. The van der Waals surface area contributed by atoms with Gasteiger partial charge in [0.15, 0.2) is 0 Å². The van der Waals surface area contributed by atoms with E-state index in [0.717, 1.165) is 33.4 Å². The minimum Gasteiger partial charge on any atom is -0.497 e. The molecule has 21 heavy (non-hydrogen) atoms. The minimum absolute atomic E-state index is 0.160. The lowest BCUT2D eigenvalue weighted by molar-refractivity contribution is 0.413. The summed E-state index contributed by atoms with van der Waals surface area (Å²) in [5.74, 6) is 0.846. The molecule has 2 aromatic rings. The third-order valence-corrected chi connectivity index (χ3v) is 4.92. The summed E-state index contributed by atoms with van der Waals surface area (Å²) in [5, 5.41) is 0.767. The highest BCUT2D eigenvalue weighted by Crippen LogP contribution is 2.37. The molecule has 0 aliphatic carbocycles. The zero-order valence-corrected chi connectivity index (χ0v) is 13.9. The van der Waals surface area contributed by atoms with Crippen LogP contribution in [0.5, 0.6) is 5.75 Å². The number of benzene rings is 2. The second kappa shape index (κ2) is 7.74. The maximum atomic E-state index is 6.39. The quantitative estimate of drug-likeness (QED) is 0.831. The first-order chi connectivity index (χ1) is 10.1. The molecule has 112 valence electrons. The van der Waals surface area contributed by atoms with Gasteiger partial charge in [0.05, 0.1) is 12.1 Å². The van der Waals surface area contributed by atoms with Crippen LogP contribution in [0.3, 0.4) is 0 Å². The van der Waals surface area contributed by atoms with Crippen molar-refractivity contribution in [2.45, 2.75) is 35.6 Å². The third-order valence-electron chi connectivity index (χ3n) is 3.32. The van der Waals surface area contributed by atoms with Gasteiger partial charge in [-0.3, -0.25) is 0 Å². The predicted octanol–water partition coefficient (Wildman–Crippen LogP) is 4.78. The Labute approximate surface area is 135 Å². The Morgan fingerprint density at radius 2 is 2.00 bits per heavy atom. The van der Waals surface area contributed by atoms with Crippen molar-refractivity contribution in [2.75, 3.05) is 7.11 Å². The van der Waals surface area contributed by atoms with Gasteiger partial charge >= 0.3 is 0 Å². The van der Waals surface area contributed by atoms with Gasteiger partial charge < -0.3 is 10.5 Å². The van der Waals surface area contributed by atoms with Gasteiger partial charge in [0.2, 0.25) is 0 Å². The van der Waals surface area contributed by atoms with Crippen LogP contribution in [0.2, 0.25) is 5.02 Å². The number of halogens is 1. The van der Waals surface area contributed by atoms with E-state index in [1.807, 2.05) is 30.3 Å². The SMILES string of the molecule is CCC(N)Cc1cccc(Cl)c1Sc1cccc(OC)c1. The fraction of sp³-hybridized carbons (Fsp3) is 0.294. The van der Waals surface area contributed by atoms with Crippen LogP contribution in [0.1, 0.15) is 18.9 Å². The summed E-state index contributed by atoms with van der Waals surface area (Å²) in [4.78, 5) is 2.19. The van der Waals surface area contributed by atoms with Gasteiger partial charge in [0, 0.05) is 15.8 Å². The number of hydrogen-bond donors (Lipinski definition) is 1. The van der Waals surface area contributed by atoms with Crippen LogP contribution < -0.4 is 10.5 Å². The van der Waals surface area contributed by atoms with Crippen LogP contribution in [0, 0.1) is 0 Å². The molecule has 1 unspecified atom stereocenters. The molecule has 0 saturated heterocycles. The zero-order valence-electron chi connectivity index (χ0n) is 12.3. The normalized spacial score (nSPS) is 12.2. The molecule has 2 aromatic carbocycles. The smallest absolute Gasteiger partial charge is 0.119 e. The van der Waals surface area contributed by atoms with Crippen molar-refractivity contribution >= 4 is 23.4 Å². The lowest BCUT2D eigenvalue weighted by Gasteiger charge is -2.14. The summed E-state index contributed by atoms with van der Waals surface area (Å²) in [6.07, 6.45) is 1.79. The number of rotatable bonds is 6. The molecule has 1 atom stereocenters. The van der Waals surface area contributed by atoms with Gasteiger partial charge in [-0.25, -0.2) is 0 Å². The molecular weight excluding hydrogens is 302 g/mol. The molecule has 0 saturated carbocycles. The minimum atomic E-state index is 0.160. The van der Waals surface area contributed by atoms with Crippen LogP contribution in [0.15, 0.2) is 52.3 Å². The highest BCUT2D eigenvalue weighted by atomic mass is 35.5. The monoisotopic (exact) mass is 321 g/mol. The second-order valence-electron chi connectivity index (χ2n) is 4.88. The molecule has 0 fully saturated rings. The van der Waals surface area contributed by atoms with Crippen LogP contribution in [0.4, 0.5) is 0 Å². The Balaban J connectivity index is 2.29. The molecule has 0 aromatic heterocycles. The van der Waals surface area contributed by atoms with Gasteiger partial charge in [-0.1, -0.05) is 48.5 Å². The zero-order chi connectivity index (χ0) is 15.2. The van der Waals surface area contributed by atoms with Crippen LogP contribution in [-0.2, 0) is 6.42 Å². The van der Waals surface area contributed by atoms with Crippen molar-refractivity contribution in [1.29, 1.82) is 0 Å². The topological polar surface area (TPSA) is 35.2 Å². The molecular formula is C17H20ClNOS. The Kier molecular flexibility index (Phi) is 5.97. The molecule has 4 heteroatoms. The number of methoxy groups -OCH3 is 1. The van der Waals surface area contributed by atoms with Crippen LogP contribution in [0.25, 0.3) is 0 Å². The van der Waals surface area contributed by atoms with Crippen molar-refractivity contribution in [3.63, 3.8) is 0 Å². The Hall–Kier alpha value is -1.16. The van der Waals surface area contributed by atoms with Gasteiger partial charge in [0.25, 0.3) is 0 Å². The van der Waals surface area contributed by atoms with E-state index in [0.29, 0.717) is 0 Å². The summed E-state index contributed by atoms with van der Waals surface area (Å²) >= 11 is 8.04. The summed E-state index contributed by atoms with van der Waals surface area (Å²) < 4.78 is 5.27. The molecule has 0 spiro atoms. The average Bonchev–Trinajstić information content (AvgIpc) is 2.50. The maximum Gasteiger partial charge on any atom is 0.119 e. The lowest BCUT2D eigenvalue weighted by atomic mass is 10.0. The Morgan fingerprint density at radius 3 is 2.71 bits per heavy atom. The van der Waals surface area contributed by atoms with E-state index in [-0.39, 0.29) is 6.04 Å². The Morgan fingerprint density at radius 1 is 1.24 bits per heavy atom. The highest BCUT2D eigenvalue weighted by molar-refractivity contribution is 7.99. The molecule has 2 rings (SSSR count). The molecule has 2 nitrogen and oxygen atoms in total. The second-order valence-corrected chi connectivity index (χ2v) is 6.37. The van der Waals surface area contributed by atoms with E-state index in [4.69, 9.17) is 22.1 Å². The first-order valence-electron chi connectivity index (χ1n) is 6.99. The van der Waals surface area contributed by atoms with Gasteiger partial charge in [-0.2, -0.15) is 0 Å². The van der Waals surface area contributed by atoms with E-state index in [9.17, 15) is 0 Å². The van der Waals surface area contributed by atoms with E-state index >= 15 is 0 Å². The van der Waals surface area contributed by atoms with Crippen LogP contribution >= 0.6 is 23.4 Å². The first kappa shape index (κ1) is 16.2. The Bertz CT molecular complexity index is 603. The van der Waals surface area contributed by atoms with Crippen LogP contribution in [-0.4, -0.2) is 13.2 Å². The van der Waals surface area contributed by atoms with E-state index in [2.05, 4.69) is 19.1 Å². The average molecular weight is 322 g/mol. The van der Waals surface area contributed by atoms with Crippen molar-refractivity contribution in [2.24, 2.45) is 5.73 Å². The van der Waals surface area contributed by atoms with E-state index in [1.54, 1.807) is 18.9 Å². The molecule has 2 N–H and O–H groups in total. The summed E-state index contributed by atoms with van der Waals surface area (Å²) in [6, 6.07) is 14.1. The lowest BCUT2D eigenvalue weighted by Crippen LogP contribution is -2.21. The molecule has 0 bridgehead atoms. The van der Waals surface area contributed by atoms with Gasteiger partial charge in [0.1, 0.15) is 5.75 Å². The van der Waals surface area contributed by atoms with Crippen molar-refractivity contribution < 1.29 is 4.74 Å². The summed E-state index contributed by atoms with van der Waals surface area (Å²) in [5.41, 5.74) is 7.29. The van der Waals surface area contributed by atoms with E-state index in [1.165, 1.54) is 5.56 Å². The van der Waals surface area contributed by atoms with Crippen molar-refractivity contribution in [3.05, 3.63) is 53.1 Å². The van der Waals surface area contributed by atoms with E-state index < -0.39 is 0 Å². The van der Waals surface area contributed by atoms with Crippen molar-refractivity contribution in [3.8, 4) is 5.75 Å². The third kappa shape index (κ3) is 4.40. The fourth-order valence-electron chi connectivity index (χ4n) is 2.04. The van der Waals surface area contributed by atoms with Gasteiger partial charge in [-0.15, -0.1) is 0 Å². The predicted molar refractivity (Wildman–Crippen MR) is 90.5 cm³/mol. The largest absolute Gasteiger partial charge is 0.497 e. The summed E-state index contributed by atoms with van der Waals surface area (Å²) in [7, 11) is 1.67. The molecule has 0 amide bonds. The standard InChI is InChI=1S/C17H20ClNOS/c1-3-13(19)10-12-6-4-9-16(18)17(12)21-15-8-5-7-14(11-15)20-2/h4-9,11,13H,3,10,19H2,1-2H3. The number of nitrogens with two attached hydrogens (primary N) is 1. The molecule has 0 radical (unpaired) electrons.